The minimum atomic E-state index is -3.81. The summed E-state index contributed by atoms with van der Waals surface area (Å²) in [7, 11) is -3.81. The monoisotopic (exact) mass is 543 g/mol. The Bertz CT molecular complexity index is 1570. The first kappa shape index (κ1) is 25.4. The molecule has 0 unspecified atom stereocenters. The third-order valence-corrected chi connectivity index (χ3v) is 8.10. The van der Waals surface area contributed by atoms with Gasteiger partial charge >= 0.3 is 0 Å². The van der Waals surface area contributed by atoms with Gasteiger partial charge in [-0.3, -0.25) is 14.2 Å². The number of sulfonamides is 1. The van der Waals surface area contributed by atoms with E-state index in [9.17, 15) is 22.0 Å². The molecule has 1 aliphatic heterocycles. The maximum absolute atomic E-state index is 14.8. The van der Waals surface area contributed by atoms with E-state index in [2.05, 4.69) is 20.2 Å². The summed E-state index contributed by atoms with van der Waals surface area (Å²) in [5.74, 6) is -1.57. The average molecular weight is 544 g/mol. The first-order valence-electron chi connectivity index (χ1n) is 11.7. The fraction of sp³-hybridized carbons (Fsp3) is 0.292. The van der Waals surface area contributed by atoms with Gasteiger partial charge in [0.15, 0.2) is 17.5 Å². The van der Waals surface area contributed by atoms with Crippen molar-refractivity contribution in [3.63, 3.8) is 0 Å². The van der Waals surface area contributed by atoms with Crippen LogP contribution >= 0.6 is 0 Å². The number of nitrogens with one attached hydrogen (secondary N) is 1. The second-order valence-electron chi connectivity index (χ2n) is 8.80. The quantitative estimate of drug-likeness (QED) is 0.373. The molecule has 11 nitrogen and oxygen atoms in total. The van der Waals surface area contributed by atoms with E-state index in [0.29, 0.717) is 22.6 Å². The molecule has 4 heterocycles. The van der Waals surface area contributed by atoms with Crippen LogP contribution in [0.3, 0.4) is 0 Å². The first-order valence-corrected chi connectivity index (χ1v) is 13.3. The van der Waals surface area contributed by atoms with Crippen molar-refractivity contribution >= 4 is 21.7 Å². The van der Waals surface area contributed by atoms with Crippen molar-refractivity contribution in [1.82, 2.24) is 29.6 Å². The lowest BCUT2D eigenvalue weighted by Crippen LogP contribution is -2.45. The van der Waals surface area contributed by atoms with Crippen LogP contribution in [0, 0.1) is 11.6 Å². The summed E-state index contributed by atoms with van der Waals surface area (Å²) in [6.45, 7) is 1.65. The van der Waals surface area contributed by atoms with Crippen molar-refractivity contribution in [2.75, 3.05) is 18.0 Å². The normalized spacial score (nSPS) is 14.6. The molecule has 3 aromatic heterocycles. The molecule has 0 atom stereocenters. The highest BCUT2D eigenvalue weighted by Gasteiger charge is 2.32. The van der Waals surface area contributed by atoms with Crippen LogP contribution in [-0.4, -0.2) is 57.6 Å². The molecular formula is C24H23F2N7O4S. The van der Waals surface area contributed by atoms with Gasteiger partial charge in [-0.25, -0.2) is 27.2 Å². The molecule has 0 spiro atoms. The number of amides is 1. The molecule has 1 N–H and O–H groups in total. The number of benzene rings is 1. The van der Waals surface area contributed by atoms with Gasteiger partial charge in [-0.2, -0.15) is 5.10 Å². The lowest BCUT2D eigenvalue weighted by atomic mass is 10.1. The van der Waals surface area contributed by atoms with E-state index in [4.69, 9.17) is 4.52 Å². The lowest BCUT2D eigenvalue weighted by molar-refractivity contribution is -0.117. The van der Waals surface area contributed by atoms with Gasteiger partial charge < -0.3 is 9.42 Å². The van der Waals surface area contributed by atoms with E-state index in [1.54, 1.807) is 35.2 Å². The van der Waals surface area contributed by atoms with Crippen LogP contribution in [0.25, 0.3) is 22.9 Å². The van der Waals surface area contributed by atoms with Gasteiger partial charge in [0.25, 0.3) is 0 Å². The van der Waals surface area contributed by atoms with Crippen LogP contribution in [0.15, 0.2) is 53.4 Å². The molecular weight excluding hydrogens is 520 g/mol. The summed E-state index contributed by atoms with van der Waals surface area (Å²) in [5.41, 5.74) is 1.70. The summed E-state index contributed by atoms with van der Waals surface area (Å²) in [5, 5.41) is 7.73. The Kier molecular flexibility index (Phi) is 6.89. The Morgan fingerprint density at radius 1 is 1.13 bits per heavy atom. The fourth-order valence-corrected chi connectivity index (χ4v) is 5.75. The maximum atomic E-state index is 14.8. The molecule has 4 aromatic rings. The van der Waals surface area contributed by atoms with E-state index in [1.807, 2.05) is 4.72 Å². The molecule has 0 saturated carbocycles. The second-order valence-corrected chi connectivity index (χ2v) is 10.8. The molecule has 14 heteroatoms. The number of anilines is 1. The number of carbonyl (C=O) groups excluding carboxylic acids is 1. The van der Waals surface area contributed by atoms with Crippen LogP contribution in [0.5, 0.6) is 0 Å². The van der Waals surface area contributed by atoms with E-state index < -0.39 is 27.0 Å². The van der Waals surface area contributed by atoms with Crippen molar-refractivity contribution in [3.8, 4) is 22.9 Å². The second kappa shape index (κ2) is 10.3. The average Bonchev–Trinajstić information content (AvgIpc) is 3.55. The highest BCUT2D eigenvalue weighted by atomic mass is 32.2. The molecule has 0 aliphatic carbocycles. The maximum Gasteiger partial charge on any atom is 0.237 e. The van der Waals surface area contributed by atoms with Crippen molar-refractivity contribution in [1.29, 1.82) is 0 Å². The van der Waals surface area contributed by atoms with E-state index in [0.717, 1.165) is 13.1 Å². The van der Waals surface area contributed by atoms with Gasteiger partial charge in [-0.1, -0.05) is 23.4 Å². The number of carbonyl (C=O) groups is 1. The molecule has 5 rings (SSSR count). The van der Waals surface area contributed by atoms with Gasteiger partial charge in [0.05, 0.1) is 23.7 Å². The van der Waals surface area contributed by atoms with Gasteiger partial charge in [0.1, 0.15) is 23.5 Å². The zero-order chi connectivity index (χ0) is 26.9. The summed E-state index contributed by atoms with van der Waals surface area (Å²) in [4.78, 5) is 21.3. The molecule has 1 saturated heterocycles. The summed E-state index contributed by atoms with van der Waals surface area (Å²) < 4.78 is 62.3. The topological polar surface area (TPSA) is 136 Å². The largest absolute Gasteiger partial charge is 0.364 e. The molecule has 1 amide bonds. The number of aromatic nitrogens is 5. The van der Waals surface area contributed by atoms with Crippen molar-refractivity contribution < 1.29 is 26.5 Å². The number of halogens is 2. The Morgan fingerprint density at radius 3 is 2.58 bits per heavy atom. The molecule has 0 radical (unpaired) electrons. The predicted octanol–water partition coefficient (Wildman–Crippen LogP) is 2.76. The number of piperidine rings is 1. The highest BCUT2D eigenvalue weighted by molar-refractivity contribution is 7.90. The molecule has 1 aromatic carbocycles. The van der Waals surface area contributed by atoms with Crippen LogP contribution < -0.4 is 9.62 Å². The first-order chi connectivity index (χ1) is 18.2. The Labute approximate surface area is 216 Å². The number of hydrogen-bond donors (Lipinski definition) is 1. The number of rotatable bonds is 7. The molecule has 198 valence electrons. The van der Waals surface area contributed by atoms with Crippen molar-refractivity contribution in [2.45, 2.75) is 31.6 Å². The highest BCUT2D eigenvalue weighted by Crippen LogP contribution is 2.28. The fourth-order valence-electron chi connectivity index (χ4n) is 4.35. The van der Waals surface area contributed by atoms with Crippen LogP contribution in [0.1, 0.15) is 25.3 Å². The number of hydrogen-bond acceptors (Lipinski definition) is 9. The van der Waals surface area contributed by atoms with Crippen LogP contribution in [0.4, 0.5) is 14.6 Å². The Hall–Kier alpha value is -4.20. The molecule has 38 heavy (non-hydrogen) atoms. The van der Waals surface area contributed by atoms with Crippen molar-refractivity contribution in [3.05, 3.63) is 66.1 Å². The molecule has 1 fully saturated rings. The van der Waals surface area contributed by atoms with E-state index >= 15 is 0 Å². The van der Waals surface area contributed by atoms with Gasteiger partial charge in [-0.05, 0) is 25.0 Å². The molecule has 0 bridgehead atoms. The third-order valence-electron chi connectivity index (χ3n) is 6.18. The minimum Gasteiger partial charge on any atom is -0.364 e. The lowest BCUT2D eigenvalue weighted by Gasteiger charge is -2.32. The smallest absolute Gasteiger partial charge is 0.237 e. The third kappa shape index (κ3) is 5.25. The van der Waals surface area contributed by atoms with Gasteiger partial charge in [-0.15, -0.1) is 0 Å². The minimum absolute atomic E-state index is 0.0111. The van der Waals surface area contributed by atoms with Crippen LogP contribution in [-0.2, 0) is 21.4 Å². The zero-order valence-corrected chi connectivity index (χ0v) is 21.0. The summed E-state index contributed by atoms with van der Waals surface area (Å²) in [6.07, 6.45) is 2.81. The van der Waals surface area contributed by atoms with Gasteiger partial charge in [0.2, 0.25) is 15.9 Å². The van der Waals surface area contributed by atoms with Crippen molar-refractivity contribution in [2.24, 2.45) is 0 Å². The zero-order valence-electron chi connectivity index (χ0n) is 20.2. The predicted molar refractivity (Wildman–Crippen MR) is 132 cm³/mol. The Morgan fingerprint density at radius 2 is 1.89 bits per heavy atom. The van der Waals surface area contributed by atoms with Gasteiger partial charge in [0, 0.05) is 31.6 Å². The SMILES string of the molecule is CC(=O)NS(=O)(=O)C1CCN(c2nc(-c3cc(-c4ccon4)n(Cc4ccccc4F)n3)ncc2F)CC1. The Balaban J connectivity index is 1.43. The standard InChI is InChI=1S/C24H23F2N7O4S/c1-15(34)31-38(35,36)17-6-9-32(10-7-17)24-19(26)13-27-23(28-24)21-12-22(20-8-11-37-30-20)33(29-21)14-16-4-2-3-5-18(16)25/h2-5,8,11-13,17H,6-7,9-10,14H2,1H3,(H,31,34). The van der Waals surface area contributed by atoms with E-state index in [-0.39, 0.29) is 49.9 Å². The van der Waals surface area contributed by atoms with Crippen LogP contribution in [0.2, 0.25) is 0 Å². The van der Waals surface area contributed by atoms with E-state index in [1.165, 1.54) is 17.0 Å². The number of nitrogens with zero attached hydrogens (tertiary/aromatic N) is 6. The summed E-state index contributed by atoms with van der Waals surface area (Å²) in [6, 6.07) is 9.61. The molecule has 1 aliphatic rings. The summed E-state index contributed by atoms with van der Waals surface area (Å²) >= 11 is 0.